The quantitative estimate of drug-likeness (QED) is 0.908. The lowest BCUT2D eigenvalue weighted by Gasteiger charge is -2.17. The summed E-state index contributed by atoms with van der Waals surface area (Å²) in [7, 11) is -3.30. The molecule has 6 heteroatoms. The van der Waals surface area contributed by atoms with Gasteiger partial charge in [-0.25, -0.2) is 8.42 Å². The van der Waals surface area contributed by atoms with Crippen LogP contribution in [0.1, 0.15) is 37.1 Å². The van der Waals surface area contributed by atoms with E-state index in [0.29, 0.717) is 30.6 Å². The first-order valence-corrected chi connectivity index (χ1v) is 9.05. The molecule has 1 fully saturated rings. The number of sulfonamides is 1. The molecule has 2 heterocycles. The number of hydrogen-bond acceptors (Lipinski definition) is 4. The molecule has 0 bridgehead atoms. The van der Waals surface area contributed by atoms with E-state index in [-0.39, 0.29) is 0 Å². The predicted octanol–water partition coefficient (Wildman–Crippen LogP) is 2.34. The van der Waals surface area contributed by atoms with E-state index in [9.17, 15) is 8.42 Å². The van der Waals surface area contributed by atoms with Crippen LogP contribution < -0.4 is 5.32 Å². The second kappa shape index (κ2) is 5.91. The van der Waals surface area contributed by atoms with E-state index in [1.54, 1.807) is 4.31 Å². The average Bonchev–Trinajstić information content (AvgIpc) is 2.95. The molecule has 1 aromatic heterocycles. The van der Waals surface area contributed by atoms with Gasteiger partial charge in [0.05, 0.1) is 0 Å². The van der Waals surface area contributed by atoms with Gasteiger partial charge < -0.3 is 5.32 Å². The number of nitrogens with one attached hydrogen (secondary N) is 1. The zero-order valence-corrected chi connectivity index (χ0v) is 13.4. The Kier molecular flexibility index (Phi) is 4.66. The fourth-order valence-corrected chi connectivity index (χ4v) is 5.54. The van der Waals surface area contributed by atoms with Gasteiger partial charge in [0, 0.05) is 30.6 Å². The topological polar surface area (TPSA) is 49.4 Å². The molecule has 4 nitrogen and oxygen atoms in total. The third-order valence-electron chi connectivity index (χ3n) is 3.32. The van der Waals surface area contributed by atoms with E-state index >= 15 is 0 Å². The van der Waals surface area contributed by atoms with Crippen LogP contribution >= 0.6 is 11.3 Å². The minimum absolute atomic E-state index is 0.352. The van der Waals surface area contributed by atoms with Crippen molar-refractivity contribution in [3.63, 3.8) is 0 Å². The largest absolute Gasteiger partial charge is 0.310 e. The Hall–Kier alpha value is -0.430. The van der Waals surface area contributed by atoms with Crippen LogP contribution in [0, 0.1) is 6.92 Å². The molecule has 108 valence electrons. The Morgan fingerprint density at radius 1 is 1.37 bits per heavy atom. The highest BCUT2D eigenvalue weighted by molar-refractivity contribution is 7.89. The van der Waals surface area contributed by atoms with Crippen molar-refractivity contribution < 1.29 is 8.42 Å². The molecule has 19 heavy (non-hydrogen) atoms. The summed E-state index contributed by atoms with van der Waals surface area (Å²) in [5.41, 5.74) is 0.873. The maximum Gasteiger partial charge on any atom is 0.244 e. The summed E-state index contributed by atoms with van der Waals surface area (Å²) in [5, 5.41) is 5.25. The van der Waals surface area contributed by atoms with Crippen LogP contribution in [0.4, 0.5) is 0 Å². The van der Waals surface area contributed by atoms with Gasteiger partial charge in [0.25, 0.3) is 0 Å². The number of hydrogen-bond donors (Lipinski definition) is 1. The smallest absolute Gasteiger partial charge is 0.244 e. The molecule has 0 atom stereocenters. The lowest BCUT2D eigenvalue weighted by Crippen LogP contribution is -2.30. The van der Waals surface area contributed by atoms with Gasteiger partial charge in [0.1, 0.15) is 4.90 Å². The van der Waals surface area contributed by atoms with Crippen LogP contribution in [0.3, 0.4) is 0 Å². The van der Waals surface area contributed by atoms with E-state index in [1.165, 1.54) is 11.3 Å². The number of rotatable bonds is 5. The number of thiophene rings is 1. The molecule has 1 aliphatic rings. The molecule has 0 aliphatic carbocycles. The normalized spacial score (nSPS) is 17.5. The summed E-state index contributed by atoms with van der Waals surface area (Å²) in [5.74, 6) is 0. The second-order valence-electron chi connectivity index (χ2n) is 5.32. The maximum atomic E-state index is 12.7. The van der Waals surface area contributed by atoms with E-state index in [2.05, 4.69) is 19.2 Å². The fraction of sp³-hybridized carbons (Fsp3) is 0.692. The highest BCUT2D eigenvalue weighted by atomic mass is 32.2. The highest BCUT2D eigenvalue weighted by Crippen LogP contribution is 2.31. The van der Waals surface area contributed by atoms with Crippen molar-refractivity contribution in [1.82, 2.24) is 9.62 Å². The van der Waals surface area contributed by atoms with Gasteiger partial charge in [0.2, 0.25) is 10.0 Å². The third-order valence-corrected chi connectivity index (χ3v) is 6.69. The minimum atomic E-state index is -3.30. The van der Waals surface area contributed by atoms with Crippen LogP contribution in [-0.2, 0) is 16.6 Å². The zero-order valence-electron chi connectivity index (χ0n) is 11.8. The average molecular weight is 302 g/mol. The molecule has 0 spiro atoms. The summed E-state index contributed by atoms with van der Waals surface area (Å²) in [6.07, 6.45) is 1.95. The first-order valence-electron chi connectivity index (χ1n) is 6.73. The number of aryl methyl sites for hydroxylation is 1. The Morgan fingerprint density at radius 2 is 2.00 bits per heavy atom. The molecule has 0 saturated carbocycles. The summed E-state index contributed by atoms with van der Waals surface area (Å²) in [6, 6.07) is 0.352. The SMILES string of the molecule is Cc1csc(CNC(C)C)c1S(=O)(=O)N1CCCC1. The van der Waals surface area contributed by atoms with E-state index in [1.807, 2.05) is 12.3 Å². The standard InChI is InChI=1S/C13H22N2O2S2/c1-10(2)14-8-12-13(11(3)9-18-12)19(16,17)15-6-4-5-7-15/h9-10,14H,4-8H2,1-3H3. The Morgan fingerprint density at radius 3 is 2.58 bits per heavy atom. The molecule has 2 rings (SSSR count). The number of nitrogens with zero attached hydrogens (tertiary/aromatic N) is 1. The van der Waals surface area contributed by atoms with E-state index in [0.717, 1.165) is 23.3 Å². The first-order chi connectivity index (χ1) is 8.93. The predicted molar refractivity (Wildman–Crippen MR) is 79.0 cm³/mol. The zero-order chi connectivity index (χ0) is 14.0. The van der Waals surface area contributed by atoms with E-state index < -0.39 is 10.0 Å². The van der Waals surface area contributed by atoms with Crippen LogP contribution in [0.15, 0.2) is 10.3 Å². The van der Waals surface area contributed by atoms with Gasteiger partial charge in [-0.3, -0.25) is 0 Å². The van der Waals surface area contributed by atoms with E-state index in [4.69, 9.17) is 0 Å². The maximum absolute atomic E-state index is 12.7. The van der Waals surface area contributed by atoms with Gasteiger partial charge in [0.15, 0.2) is 0 Å². The molecule has 0 radical (unpaired) electrons. The van der Waals surface area contributed by atoms with Crippen molar-refractivity contribution in [1.29, 1.82) is 0 Å². The summed E-state index contributed by atoms with van der Waals surface area (Å²) >= 11 is 1.54. The van der Waals surface area contributed by atoms with Gasteiger partial charge in [-0.15, -0.1) is 11.3 Å². The van der Waals surface area contributed by atoms with Crippen molar-refractivity contribution in [3.8, 4) is 0 Å². The van der Waals surface area contributed by atoms with Crippen molar-refractivity contribution in [2.45, 2.75) is 51.1 Å². The third kappa shape index (κ3) is 3.18. The first kappa shape index (κ1) is 15.0. The Bertz CT molecular complexity index is 529. The van der Waals surface area contributed by atoms with Gasteiger partial charge in [-0.2, -0.15) is 4.31 Å². The monoisotopic (exact) mass is 302 g/mol. The van der Waals surface area contributed by atoms with Crippen molar-refractivity contribution in [2.24, 2.45) is 0 Å². The summed E-state index contributed by atoms with van der Waals surface area (Å²) in [4.78, 5) is 1.46. The Balaban J connectivity index is 2.30. The van der Waals surface area contributed by atoms with Crippen molar-refractivity contribution in [2.75, 3.05) is 13.1 Å². The van der Waals surface area contributed by atoms with Crippen LogP contribution in [0.5, 0.6) is 0 Å². The van der Waals surface area contributed by atoms with Crippen LogP contribution in [-0.4, -0.2) is 31.9 Å². The van der Waals surface area contributed by atoms with Crippen LogP contribution in [0.25, 0.3) is 0 Å². The molecule has 1 N–H and O–H groups in total. The molecule has 1 saturated heterocycles. The van der Waals surface area contributed by atoms with Crippen molar-refractivity contribution >= 4 is 21.4 Å². The highest BCUT2D eigenvalue weighted by Gasteiger charge is 2.31. The molecular weight excluding hydrogens is 280 g/mol. The van der Waals surface area contributed by atoms with Gasteiger partial charge in [-0.1, -0.05) is 13.8 Å². The molecule has 0 amide bonds. The second-order valence-corrected chi connectivity index (χ2v) is 8.16. The molecule has 0 unspecified atom stereocenters. The molecule has 1 aliphatic heterocycles. The van der Waals surface area contributed by atoms with Gasteiger partial charge in [-0.05, 0) is 30.7 Å². The van der Waals surface area contributed by atoms with Crippen LogP contribution in [0.2, 0.25) is 0 Å². The Labute approximate surface area is 119 Å². The van der Waals surface area contributed by atoms with Gasteiger partial charge >= 0.3 is 0 Å². The summed E-state index contributed by atoms with van der Waals surface area (Å²) < 4.78 is 27.0. The summed E-state index contributed by atoms with van der Waals surface area (Å²) in [6.45, 7) is 7.96. The molecule has 1 aromatic rings. The lowest BCUT2D eigenvalue weighted by molar-refractivity contribution is 0.475. The molecular formula is C13H22N2O2S2. The molecule has 0 aromatic carbocycles. The minimum Gasteiger partial charge on any atom is -0.310 e. The van der Waals surface area contributed by atoms with Crippen molar-refractivity contribution in [3.05, 3.63) is 15.8 Å². The fourth-order valence-electron chi connectivity index (χ4n) is 2.31. The lowest BCUT2D eigenvalue weighted by atomic mass is 10.3.